The molecule has 2 saturated heterocycles. The highest BCUT2D eigenvalue weighted by atomic mass is 35.5. The normalized spacial score (nSPS) is 23.3. The summed E-state index contributed by atoms with van der Waals surface area (Å²) in [5, 5.41) is 13.8. The fourth-order valence-electron chi connectivity index (χ4n) is 5.74. The van der Waals surface area contributed by atoms with E-state index in [4.69, 9.17) is 25.6 Å². The zero-order valence-electron chi connectivity index (χ0n) is 21.3. The molecule has 3 fully saturated rings. The number of aliphatic carboxylic acids is 1. The van der Waals surface area contributed by atoms with Gasteiger partial charge in [-0.25, -0.2) is 4.39 Å². The van der Waals surface area contributed by atoms with Crippen LogP contribution in [0, 0.1) is 12.7 Å². The summed E-state index contributed by atoms with van der Waals surface area (Å²) in [4.78, 5) is 24.0. The molecule has 3 aromatic rings. The van der Waals surface area contributed by atoms with Gasteiger partial charge >= 0.3 is 11.9 Å². The van der Waals surface area contributed by atoms with Gasteiger partial charge < -0.3 is 19.1 Å². The summed E-state index contributed by atoms with van der Waals surface area (Å²) in [5.74, 6) is -1.42. The van der Waals surface area contributed by atoms with Crippen molar-refractivity contribution in [1.82, 2.24) is 5.16 Å². The predicted octanol–water partition coefficient (Wildman–Crippen LogP) is 6.34. The molecule has 1 unspecified atom stereocenters. The van der Waals surface area contributed by atoms with Crippen molar-refractivity contribution in [2.75, 3.05) is 6.61 Å². The van der Waals surface area contributed by atoms with Crippen LogP contribution in [0.3, 0.4) is 0 Å². The van der Waals surface area contributed by atoms with Gasteiger partial charge in [0.2, 0.25) is 0 Å². The fraction of sp³-hybridized carbons (Fsp3) is 0.414. The number of halogens is 2. The fourth-order valence-corrected chi connectivity index (χ4v) is 5.93. The number of rotatable bonds is 8. The van der Waals surface area contributed by atoms with Gasteiger partial charge in [-0.1, -0.05) is 41.0 Å². The van der Waals surface area contributed by atoms with Gasteiger partial charge in [0.05, 0.1) is 30.7 Å². The molecule has 1 aromatic heterocycles. The monoisotopic (exact) mass is 541 g/mol. The smallest absolute Gasteiger partial charge is 0.311 e. The summed E-state index contributed by atoms with van der Waals surface area (Å²) < 4.78 is 32.7. The maximum absolute atomic E-state index is 15.6. The third kappa shape index (κ3) is 5.07. The van der Waals surface area contributed by atoms with Crippen molar-refractivity contribution < 1.29 is 33.1 Å². The molecule has 38 heavy (non-hydrogen) atoms. The number of carbonyl (C=O) groups is 2. The Kier molecular flexibility index (Phi) is 7.05. The number of aromatic nitrogens is 1. The van der Waals surface area contributed by atoms with Crippen molar-refractivity contribution >= 4 is 23.5 Å². The summed E-state index contributed by atoms with van der Waals surface area (Å²) in [6, 6.07) is 12.0. The van der Waals surface area contributed by atoms with Crippen LogP contribution in [0.2, 0.25) is 5.02 Å². The van der Waals surface area contributed by atoms with Crippen LogP contribution in [-0.4, -0.2) is 34.4 Å². The number of hydrogen-bond donors (Lipinski definition) is 1. The minimum Gasteiger partial charge on any atom is -0.481 e. The molecule has 0 radical (unpaired) electrons. The van der Waals surface area contributed by atoms with Gasteiger partial charge in [0.25, 0.3) is 0 Å². The molecule has 200 valence electrons. The largest absolute Gasteiger partial charge is 0.481 e. The summed E-state index contributed by atoms with van der Waals surface area (Å²) in [7, 11) is 0. The molecule has 1 aliphatic carbocycles. The Hall–Kier alpha value is -3.23. The zero-order valence-corrected chi connectivity index (χ0v) is 22.0. The van der Waals surface area contributed by atoms with Crippen LogP contribution in [0.15, 0.2) is 47.0 Å². The highest BCUT2D eigenvalue weighted by Crippen LogP contribution is 2.52. The number of ether oxygens (including phenoxy) is 2. The van der Waals surface area contributed by atoms with Crippen LogP contribution in [0.25, 0.3) is 11.3 Å². The van der Waals surface area contributed by atoms with E-state index in [1.165, 1.54) is 6.07 Å². The van der Waals surface area contributed by atoms with Crippen molar-refractivity contribution in [1.29, 1.82) is 0 Å². The Morgan fingerprint density at radius 3 is 2.58 bits per heavy atom. The number of carboxylic acids is 1. The van der Waals surface area contributed by atoms with Crippen LogP contribution in [0.1, 0.15) is 67.5 Å². The van der Waals surface area contributed by atoms with E-state index < -0.39 is 34.9 Å². The molecular formula is C29H29ClFNO6. The second kappa shape index (κ2) is 10.2. The average molecular weight is 542 g/mol. The van der Waals surface area contributed by atoms with Crippen LogP contribution in [0.4, 0.5) is 4.39 Å². The number of fused-ring (bicyclic) bond motifs is 3. The van der Waals surface area contributed by atoms with Gasteiger partial charge in [-0.3, -0.25) is 9.59 Å². The maximum atomic E-state index is 15.6. The van der Waals surface area contributed by atoms with Crippen LogP contribution in [-0.2, 0) is 30.9 Å². The Bertz CT molecular complexity index is 1360. The van der Waals surface area contributed by atoms with Gasteiger partial charge in [-0.15, -0.1) is 0 Å². The third-order valence-electron chi connectivity index (χ3n) is 7.98. The van der Waals surface area contributed by atoms with Crippen LogP contribution < -0.4 is 0 Å². The first-order chi connectivity index (χ1) is 18.1. The van der Waals surface area contributed by atoms with Crippen molar-refractivity contribution in [2.24, 2.45) is 0 Å². The van der Waals surface area contributed by atoms with Crippen molar-refractivity contribution in [3.63, 3.8) is 0 Å². The number of aryl methyl sites for hydroxylation is 1. The van der Waals surface area contributed by atoms with E-state index in [9.17, 15) is 14.7 Å². The summed E-state index contributed by atoms with van der Waals surface area (Å²) >= 11 is 6.05. The molecule has 2 aromatic carbocycles. The third-order valence-corrected chi connectivity index (χ3v) is 8.22. The van der Waals surface area contributed by atoms with Crippen molar-refractivity contribution in [2.45, 2.75) is 69.5 Å². The van der Waals surface area contributed by atoms with E-state index in [0.717, 1.165) is 5.56 Å². The van der Waals surface area contributed by atoms with E-state index in [1.54, 1.807) is 44.2 Å². The molecule has 3 heterocycles. The molecule has 3 aliphatic rings. The Morgan fingerprint density at radius 2 is 1.95 bits per heavy atom. The Balaban J connectivity index is 1.32. The first-order valence-electron chi connectivity index (χ1n) is 12.7. The first-order valence-corrected chi connectivity index (χ1v) is 13.0. The standard InChI is InChI=1S/C29H29ClFNO6/c1-17-22(14-26(35)37-18(2)19-4-3-5-21(30)12-19)27(38-32-17)20-6-7-23(24(31)13-20)28-8-10-29(11-9-28,36-16-28)15-25(33)34/h3-7,12-13,18H,8-11,14-16H2,1-2H3,(H,33,34). The Morgan fingerprint density at radius 1 is 1.18 bits per heavy atom. The summed E-state index contributed by atoms with van der Waals surface area (Å²) in [6.45, 7) is 3.79. The quantitative estimate of drug-likeness (QED) is 0.332. The minimum atomic E-state index is -0.879. The van der Waals surface area contributed by atoms with Gasteiger partial charge in [-0.2, -0.15) is 0 Å². The molecule has 0 spiro atoms. The number of esters is 1. The van der Waals surface area contributed by atoms with Gasteiger partial charge in [0.1, 0.15) is 11.9 Å². The highest BCUT2D eigenvalue weighted by molar-refractivity contribution is 6.30. The van der Waals surface area contributed by atoms with E-state index in [0.29, 0.717) is 65.5 Å². The number of benzene rings is 2. The summed E-state index contributed by atoms with van der Waals surface area (Å²) in [6.07, 6.45) is 1.90. The lowest BCUT2D eigenvalue weighted by Crippen LogP contribution is -2.54. The SMILES string of the molecule is Cc1noc(-c2ccc(C34CCC(CC(=O)O)(CC3)OC4)c(F)c2)c1CC(=O)OC(C)c1cccc(Cl)c1. The van der Waals surface area contributed by atoms with Gasteiger partial charge in [0.15, 0.2) is 5.76 Å². The molecule has 1 atom stereocenters. The molecule has 6 rings (SSSR count). The molecule has 9 heteroatoms. The molecule has 2 bridgehead atoms. The predicted molar refractivity (Wildman–Crippen MR) is 137 cm³/mol. The minimum absolute atomic E-state index is 0.0293. The molecule has 7 nitrogen and oxygen atoms in total. The second-order valence-corrected chi connectivity index (χ2v) is 10.9. The van der Waals surface area contributed by atoms with Gasteiger partial charge in [-0.05, 0) is 68.9 Å². The maximum Gasteiger partial charge on any atom is 0.311 e. The second-order valence-electron chi connectivity index (χ2n) is 10.5. The highest BCUT2D eigenvalue weighted by Gasteiger charge is 2.52. The van der Waals surface area contributed by atoms with E-state index in [2.05, 4.69) is 5.16 Å². The van der Waals surface area contributed by atoms with Crippen LogP contribution >= 0.6 is 11.6 Å². The molecular weight excluding hydrogens is 513 g/mol. The number of hydrogen-bond acceptors (Lipinski definition) is 6. The lowest BCUT2D eigenvalue weighted by molar-refractivity contribution is -0.175. The first kappa shape index (κ1) is 26.4. The lowest BCUT2D eigenvalue weighted by Gasteiger charge is -2.53. The van der Waals surface area contributed by atoms with Crippen molar-refractivity contribution in [3.8, 4) is 11.3 Å². The molecule has 1 saturated carbocycles. The Labute approximate surface area is 224 Å². The molecule has 2 aliphatic heterocycles. The molecule has 0 amide bonds. The van der Waals surface area contributed by atoms with Crippen molar-refractivity contribution in [3.05, 3.63) is 75.7 Å². The van der Waals surface area contributed by atoms with E-state index >= 15 is 4.39 Å². The van der Waals surface area contributed by atoms with E-state index in [1.807, 2.05) is 6.07 Å². The topological polar surface area (TPSA) is 98.9 Å². The summed E-state index contributed by atoms with van der Waals surface area (Å²) in [5.41, 5.74) is 1.74. The number of carboxylic acid groups (broad SMARTS) is 1. The number of nitrogens with zero attached hydrogens (tertiary/aromatic N) is 1. The van der Waals surface area contributed by atoms with Gasteiger partial charge in [0, 0.05) is 21.6 Å². The average Bonchev–Trinajstić information content (AvgIpc) is 3.24. The van der Waals surface area contributed by atoms with E-state index in [-0.39, 0.29) is 12.8 Å². The molecule has 1 N–H and O–H groups in total. The zero-order chi connectivity index (χ0) is 27.1. The number of carbonyl (C=O) groups excluding carboxylic acids is 1. The van der Waals surface area contributed by atoms with Crippen LogP contribution in [0.5, 0.6) is 0 Å². The lowest BCUT2D eigenvalue weighted by atomic mass is 9.62.